The third-order valence-corrected chi connectivity index (χ3v) is 3.30. The van der Waals surface area contributed by atoms with Crippen LogP contribution in [-0.4, -0.2) is 10.2 Å². The molecule has 0 bridgehead atoms. The number of nitrogen functional groups attached to an aromatic ring is 1. The molecule has 0 spiro atoms. The molecule has 0 saturated heterocycles. The fourth-order valence-corrected chi connectivity index (χ4v) is 2.22. The number of benzene rings is 2. The molecule has 1 heterocycles. The van der Waals surface area contributed by atoms with Crippen LogP contribution in [0.1, 0.15) is 5.56 Å². The molecule has 21 heavy (non-hydrogen) atoms. The molecule has 0 aliphatic heterocycles. The topological polar surface area (TPSA) is 63.9 Å². The normalized spacial score (nSPS) is 10.5. The van der Waals surface area contributed by atoms with Crippen molar-refractivity contribution >= 4 is 17.4 Å². The number of hydrogen-bond donors (Lipinski definition) is 2. The Morgan fingerprint density at radius 1 is 1.10 bits per heavy atom. The molecule has 0 aliphatic carbocycles. The third-order valence-electron chi connectivity index (χ3n) is 3.07. The van der Waals surface area contributed by atoms with Gasteiger partial charge in [0.05, 0.1) is 5.69 Å². The standard InChI is InChI=1S/C16H14ClN3O/c17-12-6-7-15(21-10-11-4-2-1-3-5-11)13(8-12)14-9-16(18)20-19-14/h1-9H,10H2,(H3,18,19,20). The Hall–Kier alpha value is -2.46. The van der Waals surface area contributed by atoms with Crippen LogP contribution in [0.15, 0.2) is 54.6 Å². The minimum atomic E-state index is 0.430. The number of aromatic amines is 1. The van der Waals surface area contributed by atoms with E-state index in [9.17, 15) is 0 Å². The molecule has 1 aromatic heterocycles. The molecule has 0 amide bonds. The summed E-state index contributed by atoms with van der Waals surface area (Å²) in [4.78, 5) is 0. The van der Waals surface area contributed by atoms with Gasteiger partial charge in [0, 0.05) is 16.7 Å². The maximum absolute atomic E-state index is 6.07. The van der Waals surface area contributed by atoms with Gasteiger partial charge in [0.2, 0.25) is 0 Å². The van der Waals surface area contributed by atoms with Crippen molar-refractivity contribution in [3.05, 3.63) is 65.2 Å². The number of nitrogens with zero attached hydrogens (tertiary/aromatic N) is 1. The lowest BCUT2D eigenvalue weighted by Gasteiger charge is -2.11. The van der Waals surface area contributed by atoms with Crippen LogP contribution in [0.5, 0.6) is 5.75 Å². The number of rotatable bonds is 4. The summed E-state index contributed by atoms with van der Waals surface area (Å²) >= 11 is 6.07. The molecule has 0 atom stereocenters. The zero-order chi connectivity index (χ0) is 14.7. The molecular formula is C16H14ClN3O. The summed E-state index contributed by atoms with van der Waals surface area (Å²) in [6, 6.07) is 17.2. The Bertz CT molecular complexity index is 740. The number of nitrogens with two attached hydrogens (primary N) is 1. The number of aromatic nitrogens is 2. The number of H-pyrrole nitrogens is 1. The third kappa shape index (κ3) is 3.17. The maximum Gasteiger partial charge on any atom is 0.145 e. The molecule has 0 aliphatic rings. The smallest absolute Gasteiger partial charge is 0.145 e. The molecule has 3 N–H and O–H groups in total. The van der Waals surface area contributed by atoms with E-state index in [2.05, 4.69) is 10.2 Å². The van der Waals surface area contributed by atoms with Crippen molar-refractivity contribution in [2.45, 2.75) is 6.61 Å². The Morgan fingerprint density at radius 3 is 2.62 bits per heavy atom. The van der Waals surface area contributed by atoms with Gasteiger partial charge in [-0.25, -0.2) is 0 Å². The highest BCUT2D eigenvalue weighted by molar-refractivity contribution is 6.30. The lowest BCUT2D eigenvalue weighted by atomic mass is 10.1. The first kappa shape index (κ1) is 13.5. The van der Waals surface area contributed by atoms with E-state index < -0.39 is 0 Å². The van der Waals surface area contributed by atoms with Gasteiger partial charge in [-0.2, -0.15) is 5.10 Å². The van der Waals surface area contributed by atoms with Gasteiger partial charge in [-0.15, -0.1) is 0 Å². The van der Waals surface area contributed by atoms with E-state index in [-0.39, 0.29) is 0 Å². The van der Waals surface area contributed by atoms with Crippen molar-refractivity contribution in [1.82, 2.24) is 10.2 Å². The molecular weight excluding hydrogens is 286 g/mol. The second-order valence-electron chi connectivity index (χ2n) is 4.62. The van der Waals surface area contributed by atoms with Crippen LogP contribution in [0.4, 0.5) is 5.82 Å². The van der Waals surface area contributed by atoms with E-state index in [0.717, 1.165) is 22.6 Å². The van der Waals surface area contributed by atoms with E-state index >= 15 is 0 Å². The van der Waals surface area contributed by atoms with Crippen molar-refractivity contribution in [2.24, 2.45) is 0 Å². The highest BCUT2D eigenvalue weighted by Gasteiger charge is 2.10. The number of nitrogens with one attached hydrogen (secondary N) is 1. The first-order valence-corrected chi connectivity index (χ1v) is 6.88. The number of hydrogen-bond acceptors (Lipinski definition) is 3. The largest absolute Gasteiger partial charge is 0.488 e. The van der Waals surface area contributed by atoms with Crippen molar-refractivity contribution in [3.63, 3.8) is 0 Å². The van der Waals surface area contributed by atoms with Crippen LogP contribution in [-0.2, 0) is 6.61 Å². The summed E-state index contributed by atoms with van der Waals surface area (Å²) in [5.74, 6) is 1.16. The van der Waals surface area contributed by atoms with Crippen LogP contribution < -0.4 is 10.5 Å². The number of anilines is 1. The Kier molecular flexibility index (Phi) is 3.79. The summed E-state index contributed by atoms with van der Waals surface area (Å²) in [6.45, 7) is 0.485. The van der Waals surface area contributed by atoms with Crippen molar-refractivity contribution in [2.75, 3.05) is 5.73 Å². The van der Waals surface area contributed by atoms with Gasteiger partial charge in [0.1, 0.15) is 18.2 Å². The highest BCUT2D eigenvalue weighted by atomic mass is 35.5. The molecule has 106 valence electrons. The van der Waals surface area contributed by atoms with Gasteiger partial charge in [-0.1, -0.05) is 41.9 Å². The lowest BCUT2D eigenvalue weighted by molar-refractivity contribution is 0.307. The number of halogens is 1. The second kappa shape index (κ2) is 5.89. The summed E-state index contributed by atoms with van der Waals surface area (Å²) in [6.07, 6.45) is 0. The SMILES string of the molecule is Nc1cc(-c2cc(Cl)ccc2OCc2ccccc2)[nH]n1. The predicted octanol–water partition coefficient (Wildman–Crippen LogP) is 3.89. The lowest BCUT2D eigenvalue weighted by Crippen LogP contribution is -1.97. The molecule has 5 heteroatoms. The maximum atomic E-state index is 6.07. The van der Waals surface area contributed by atoms with E-state index in [1.165, 1.54) is 0 Å². The molecule has 0 saturated carbocycles. The average Bonchev–Trinajstić information content (AvgIpc) is 2.93. The van der Waals surface area contributed by atoms with Crippen LogP contribution in [0.3, 0.4) is 0 Å². The van der Waals surface area contributed by atoms with Crippen molar-refractivity contribution in [3.8, 4) is 17.0 Å². The fourth-order valence-electron chi connectivity index (χ4n) is 2.05. The summed E-state index contributed by atoms with van der Waals surface area (Å²) < 4.78 is 5.89. The van der Waals surface area contributed by atoms with E-state index in [1.54, 1.807) is 12.1 Å². The highest BCUT2D eigenvalue weighted by Crippen LogP contribution is 2.32. The zero-order valence-corrected chi connectivity index (χ0v) is 12.0. The van der Waals surface area contributed by atoms with Gasteiger partial charge in [0.25, 0.3) is 0 Å². The van der Waals surface area contributed by atoms with E-state index in [0.29, 0.717) is 17.4 Å². The molecule has 0 fully saturated rings. The summed E-state index contributed by atoms with van der Waals surface area (Å²) in [7, 11) is 0. The van der Waals surface area contributed by atoms with Gasteiger partial charge >= 0.3 is 0 Å². The summed E-state index contributed by atoms with van der Waals surface area (Å²) in [5.41, 5.74) is 8.36. The molecule has 3 aromatic rings. The summed E-state index contributed by atoms with van der Waals surface area (Å²) in [5, 5.41) is 7.44. The van der Waals surface area contributed by atoms with Crippen LogP contribution in [0.25, 0.3) is 11.3 Å². The minimum Gasteiger partial charge on any atom is -0.488 e. The monoisotopic (exact) mass is 299 g/mol. The molecule has 3 rings (SSSR count). The Labute approximate surface area is 127 Å². The molecule has 0 unspecified atom stereocenters. The number of ether oxygens (including phenoxy) is 1. The Morgan fingerprint density at radius 2 is 1.90 bits per heavy atom. The average molecular weight is 300 g/mol. The Balaban J connectivity index is 1.88. The predicted molar refractivity (Wildman–Crippen MR) is 84.2 cm³/mol. The van der Waals surface area contributed by atoms with Gasteiger partial charge in [-0.05, 0) is 23.8 Å². The van der Waals surface area contributed by atoms with Crippen LogP contribution in [0.2, 0.25) is 5.02 Å². The van der Waals surface area contributed by atoms with Gasteiger partial charge in [-0.3, -0.25) is 5.10 Å². The van der Waals surface area contributed by atoms with Gasteiger partial charge < -0.3 is 10.5 Å². The van der Waals surface area contributed by atoms with E-state index in [1.807, 2.05) is 42.5 Å². The second-order valence-corrected chi connectivity index (χ2v) is 5.06. The molecule has 2 aromatic carbocycles. The first-order valence-electron chi connectivity index (χ1n) is 6.50. The van der Waals surface area contributed by atoms with Crippen molar-refractivity contribution < 1.29 is 4.74 Å². The van der Waals surface area contributed by atoms with E-state index in [4.69, 9.17) is 22.1 Å². The fraction of sp³-hybridized carbons (Fsp3) is 0.0625. The van der Waals surface area contributed by atoms with Gasteiger partial charge in [0.15, 0.2) is 0 Å². The molecule has 4 nitrogen and oxygen atoms in total. The zero-order valence-electron chi connectivity index (χ0n) is 11.2. The van der Waals surface area contributed by atoms with Crippen LogP contribution >= 0.6 is 11.6 Å². The first-order chi connectivity index (χ1) is 10.2. The van der Waals surface area contributed by atoms with Crippen LogP contribution in [0, 0.1) is 0 Å². The molecule has 0 radical (unpaired) electrons. The quantitative estimate of drug-likeness (QED) is 0.768. The minimum absolute atomic E-state index is 0.430. The van der Waals surface area contributed by atoms with Crippen molar-refractivity contribution in [1.29, 1.82) is 0 Å².